The maximum absolute atomic E-state index is 13.2. The third kappa shape index (κ3) is 3.89. The van der Waals surface area contributed by atoms with Gasteiger partial charge in [-0.25, -0.2) is 8.42 Å². The second-order valence-electron chi connectivity index (χ2n) is 7.23. The Hall–Kier alpha value is -2.38. The number of halogens is 1. The molecular formula is C21H22ClN3O3S. The zero-order chi connectivity index (χ0) is 20.4. The topological polar surface area (TPSA) is 70.0 Å². The van der Waals surface area contributed by atoms with Gasteiger partial charge in [-0.15, -0.1) is 0 Å². The van der Waals surface area contributed by atoms with E-state index in [2.05, 4.69) is 5.10 Å². The number of carbonyl (C=O) groups is 1. The number of nitrogens with zero attached hydrogens (tertiary/aromatic N) is 3. The lowest BCUT2D eigenvalue weighted by Crippen LogP contribution is -2.43. The van der Waals surface area contributed by atoms with Crippen LogP contribution < -0.4 is 5.01 Å². The van der Waals surface area contributed by atoms with Crippen LogP contribution >= 0.6 is 11.6 Å². The lowest BCUT2D eigenvalue weighted by Gasteiger charge is -2.29. The first-order valence-corrected chi connectivity index (χ1v) is 11.6. The maximum atomic E-state index is 13.2. The number of rotatable bonds is 3. The Morgan fingerprint density at radius 1 is 0.966 bits per heavy atom. The van der Waals surface area contributed by atoms with Crippen LogP contribution in [0.25, 0.3) is 0 Å². The average molecular weight is 432 g/mol. The van der Waals surface area contributed by atoms with E-state index >= 15 is 0 Å². The number of para-hydroxylation sites is 1. The van der Waals surface area contributed by atoms with Gasteiger partial charge in [0.25, 0.3) is 5.91 Å². The molecule has 1 amide bonds. The number of sulfone groups is 1. The standard InChI is InChI=1S/C21H22ClN3O3S/c22-17-10-4-3-9-16(17)15-25-18-11-5-6-12-19(18)29(27,28)20(23-25)21(26)24-13-7-1-2-8-14-24/h3-6,9-12H,1-2,7-8,13-15H2. The Balaban J connectivity index is 1.76. The highest BCUT2D eigenvalue weighted by atomic mass is 35.5. The number of amides is 1. The quantitative estimate of drug-likeness (QED) is 0.740. The largest absolute Gasteiger partial charge is 0.337 e. The molecule has 0 aromatic heterocycles. The van der Waals surface area contributed by atoms with Crippen molar-refractivity contribution in [2.75, 3.05) is 18.1 Å². The number of hydrogen-bond donors (Lipinski definition) is 0. The highest BCUT2D eigenvalue weighted by Gasteiger charge is 2.39. The van der Waals surface area contributed by atoms with E-state index < -0.39 is 20.8 Å². The third-order valence-electron chi connectivity index (χ3n) is 5.25. The zero-order valence-corrected chi connectivity index (χ0v) is 17.5. The van der Waals surface area contributed by atoms with E-state index in [1.807, 2.05) is 18.2 Å². The van der Waals surface area contributed by atoms with Gasteiger partial charge in [0.05, 0.1) is 17.1 Å². The van der Waals surface area contributed by atoms with Crippen LogP contribution in [0.2, 0.25) is 5.02 Å². The van der Waals surface area contributed by atoms with Crippen molar-refractivity contribution >= 4 is 38.1 Å². The molecule has 2 aromatic rings. The van der Waals surface area contributed by atoms with Gasteiger partial charge in [-0.05, 0) is 36.6 Å². The molecule has 0 aliphatic carbocycles. The Kier molecular flexibility index (Phi) is 5.61. The third-order valence-corrected chi connectivity index (χ3v) is 7.31. The Labute approximate surface area is 175 Å². The normalized spacial score (nSPS) is 18.6. The summed E-state index contributed by atoms with van der Waals surface area (Å²) in [7, 11) is -3.99. The molecule has 2 aromatic carbocycles. The first-order valence-electron chi connectivity index (χ1n) is 9.71. The van der Waals surface area contributed by atoms with Gasteiger partial charge in [-0.1, -0.05) is 54.8 Å². The second-order valence-corrected chi connectivity index (χ2v) is 9.47. The van der Waals surface area contributed by atoms with Gasteiger partial charge in [0.15, 0.2) is 0 Å². The minimum absolute atomic E-state index is 0.0974. The smallest absolute Gasteiger partial charge is 0.286 e. The number of likely N-dealkylation sites (tertiary alicyclic amines) is 1. The van der Waals surface area contributed by atoms with Gasteiger partial charge in [0.1, 0.15) is 0 Å². The van der Waals surface area contributed by atoms with Crippen molar-refractivity contribution in [1.29, 1.82) is 0 Å². The summed E-state index contributed by atoms with van der Waals surface area (Å²) in [6.45, 7) is 1.38. The summed E-state index contributed by atoms with van der Waals surface area (Å²) in [5.74, 6) is -0.523. The molecule has 0 N–H and O–H groups in total. The van der Waals surface area contributed by atoms with Crippen LogP contribution in [0.5, 0.6) is 0 Å². The van der Waals surface area contributed by atoms with Gasteiger partial charge in [-0.2, -0.15) is 5.10 Å². The van der Waals surface area contributed by atoms with Gasteiger partial charge < -0.3 is 4.90 Å². The fourth-order valence-electron chi connectivity index (χ4n) is 3.69. The van der Waals surface area contributed by atoms with Crippen LogP contribution in [-0.4, -0.2) is 37.4 Å². The predicted octanol–water partition coefficient (Wildman–Crippen LogP) is 3.85. The van der Waals surface area contributed by atoms with E-state index in [-0.39, 0.29) is 11.4 Å². The summed E-state index contributed by atoms with van der Waals surface area (Å²) >= 11 is 6.30. The second kappa shape index (κ2) is 8.16. The van der Waals surface area contributed by atoms with Crippen molar-refractivity contribution in [2.24, 2.45) is 5.10 Å². The molecule has 0 bridgehead atoms. The van der Waals surface area contributed by atoms with Crippen molar-refractivity contribution in [2.45, 2.75) is 37.1 Å². The molecule has 1 saturated heterocycles. The van der Waals surface area contributed by atoms with E-state index in [4.69, 9.17) is 11.6 Å². The highest BCUT2D eigenvalue weighted by molar-refractivity contribution is 8.08. The van der Waals surface area contributed by atoms with Crippen molar-refractivity contribution in [3.8, 4) is 0 Å². The number of fused-ring (bicyclic) bond motifs is 1. The SMILES string of the molecule is O=C(C1=NN(Cc2ccccc2Cl)c2ccccc2S1(=O)=O)N1CCCCCC1. The lowest BCUT2D eigenvalue weighted by molar-refractivity contribution is -0.123. The number of carbonyl (C=O) groups excluding carboxylic acids is 1. The van der Waals surface area contributed by atoms with E-state index in [9.17, 15) is 13.2 Å². The fraction of sp³-hybridized carbons (Fsp3) is 0.333. The van der Waals surface area contributed by atoms with E-state index in [0.29, 0.717) is 23.8 Å². The van der Waals surface area contributed by atoms with E-state index in [1.54, 1.807) is 34.2 Å². The molecule has 0 atom stereocenters. The summed E-state index contributed by atoms with van der Waals surface area (Å²) in [5.41, 5.74) is 1.24. The molecule has 152 valence electrons. The van der Waals surface area contributed by atoms with Gasteiger partial charge in [-0.3, -0.25) is 9.80 Å². The molecule has 8 heteroatoms. The molecule has 6 nitrogen and oxygen atoms in total. The molecule has 4 rings (SSSR count). The van der Waals surface area contributed by atoms with E-state index in [1.165, 1.54) is 6.07 Å². The van der Waals surface area contributed by atoms with Crippen LogP contribution in [-0.2, 0) is 21.2 Å². The maximum Gasteiger partial charge on any atom is 0.286 e. The lowest BCUT2D eigenvalue weighted by atomic mass is 10.2. The fourth-order valence-corrected chi connectivity index (χ4v) is 5.37. The van der Waals surface area contributed by atoms with Crippen LogP contribution in [0.15, 0.2) is 58.5 Å². The number of hydrogen-bond acceptors (Lipinski definition) is 5. The molecule has 2 heterocycles. The summed E-state index contributed by atoms with van der Waals surface area (Å²) in [6.07, 6.45) is 3.84. The first-order chi connectivity index (χ1) is 14.0. The first kappa shape index (κ1) is 19.9. The highest BCUT2D eigenvalue weighted by Crippen LogP contribution is 2.34. The molecule has 0 radical (unpaired) electrons. The molecule has 0 spiro atoms. The number of hydrazone groups is 1. The zero-order valence-electron chi connectivity index (χ0n) is 15.9. The van der Waals surface area contributed by atoms with Crippen molar-refractivity contribution in [3.05, 3.63) is 59.1 Å². The number of anilines is 1. The number of benzene rings is 2. The van der Waals surface area contributed by atoms with Gasteiger partial charge in [0.2, 0.25) is 14.9 Å². The summed E-state index contributed by atoms with van der Waals surface area (Å²) in [5, 5.41) is 6.04. The van der Waals surface area contributed by atoms with Crippen LogP contribution in [0.4, 0.5) is 5.69 Å². The van der Waals surface area contributed by atoms with Crippen molar-refractivity contribution < 1.29 is 13.2 Å². The molecular weight excluding hydrogens is 410 g/mol. The minimum atomic E-state index is -3.99. The minimum Gasteiger partial charge on any atom is -0.337 e. The van der Waals surface area contributed by atoms with Crippen LogP contribution in [0, 0.1) is 0 Å². The molecule has 1 fully saturated rings. The van der Waals surface area contributed by atoms with Crippen molar-refractivity contribution in [3.63, 3.8) is 0 Å². The van der Waals surface area contributed by atoms with E-state index in [0.717, 1.165) is 31.2 Å². The van der Waals surface area contributed by atoms with Gasteiger partial charge in [0, 0.05) is 18.1 Å². The summed E-state index contributed by atoms with van der Waals surface area (Å²) in [4.78, 5) is 14.9. The monoisotopic (exact) mass is 431 g/mol. The Morgan fingerprint density at radius 3 is 2.34 bits per heavy atom. The van der Waals surface area contributed by atoms with Crippen LogP contribution in [0.1, 0.15) is 31.2 Å². The van der Waals surface area contributed by atoms with Crippen molar-refractivity contribution in [1.82, 2.24) is 4.90 Å². The summed E-state index contributed by atoms with van der Waals surface area (Å²) in [6, 6.07) is 14.0. The molecule has 2 aliphatic rings. The molecule has 2 aliphatic heterocycles. The Morgan fingerprint density at radius 2 is 1.62 bits per heavy atom. The van der Waals surface area contributed by atoms with Gasteiger partial charge >= 0.3 is 0 Å². The molecule has 0 unspecified atom stereocenters. The predicted molar refractivity (Wildman–Crippen MR) is 114 cm³/mol. The van der Waals surface area contributed by atoms with Crippen LogP contribution in [0.3, 0.4) is 0 Å². The average Bonchev–Trinajstić information content (AvgIpc) is 3.01. The Bertz CT molecular complexity index is 1060. The molecule has 0 saturated carbocycles. The molecule has 29 heavy (non-hydrogen) atoms. The summed E-state index contributed by atoms with van der Waals surface area (Å²) < 4.78 is 26.4.